The van der Waals surface area contributed by atoms with E-state index in [1.165, 1.54) is 12.1 Å². The molecule has 1 aliphatic rings. The Bertz CT molecular complexity index is 626. The summed E-state index contributed by atoms with van der Waals surface area (Å²) in [5.74, 6) is -0.00613. The second kappa shape index (κ2) is 7.79. The standard InChI is InChI=1S/C16H23NO5S/c1-3-21-16(18)17-10-4-5-14(11-17)12-22-23(19,20)15-8-6-13(2)7-9-15/h6-9,14H,3-5,10-12H2,1-2H3. The smallest absolute Gasteiger partial charge is 0.409 e. The third-order valence-corrected chi connectivity index (χ3v) is 5.11. The molecule has 1 aliphatic heterocycles. The lowest BCUT2D eigenvalue weighted by atomic mass is 10.00. The first-order valence-corrected chi connectivity index (χ1v) is 9.21. The molecular formula is C16H23NO5S. The molecule has 1 fully saturated rings. The summed E-state index contributed by atoms with van der Waals surface area (Å²) >= 11 is 0. The number of hydrogen-bond acceptors (Lipinski definition) is 5. The van der Waals surface area contributed by atoms with E-state index in [9.17, 15) is 13.2 Å². The average Bonchev–Trinajstić information content (AvgIpc) is 2.54. The monoisotopic (exact) mass is 341 g/mol. The summed E-state index contributed by atoms with van der Waals surface area (Å²) in [5.41, 5.74) is 0.987. The Morgan fingerprint density at radius 3 is 2.65 bits per heavy atom. The summed E-state index contributed by atoms with van der Waals surface area (Å²) in [6.07, 6.45) is 1.30. The van der Waals surface area contributed by atoms with Gasteiger partial charge in [-0.3, -0.25) is 4.18 Å². The van der Waals surface area contributed by atoms with Crippen molar-refractivity contribution in [3.8, 4) is 0 Å². The van der Waals surface area contributed by atoms with Crippen LogP contribution in [0.15, 0.2) is 29.2 Å². The van der Waals surface area contributed by atoms with Gasteiger partial charge in [-0.2, -0.15) is 8.42 Å². The molecule has 1 atom stereocenters. The molecule has 0 saturated carbocycles. The van der Waals surface area contributed by atoms with Crippen LogP contribution in [0.2, 0.25) is 0 Å². The molecule has 1 amide bonds. The van der Waals surface area contributed by atoms with E-state index in [4.69, 9.17) is 8.92 Å². The van der Waals surface area contributed by atoms with Gasteiger partial charge in [0, 0.05) is 19.0 Å². The summed E-state index contributed by atoms with van der Waals surface area (Å²) in [4.78, 5) is 13.5. The van der Waals surface area contributed by atoms with Crippen molar-refractivity contribution in [2.24, 2.45) is 5.92 Å². The zero-order valence-electron chi connectivity index (χ0n) is 13.5. The van der Waals surface area contributed by atoms with Gasteiger partial charge in [0.1, 0.15) is 0 Å². The number of amides is 1. The van der Waals surface area contributed by atoms with Crippen LogP contribution in [0.25, 0.3) is 0 Å². The third kappa shape index (κ3) is 4.94. The quantitative estimate of drug-likeness (QED) is 0.770. The summed E-state index contributed by atoms with van der Waals surface area (Å²) in [6.45, 7) is 5.16. The van der Waals surface area contributed by atoms with Crippen molar-refractivity contribution in [2.75, 3.05) is 26.3 Å². The number of rotatable bonds is 5. The first-order valence-electron chi connectivity index (χ1n) is 7.80. The van der Waals surface area contributed by atoms with Gasteiger partial charge in [0.25, 0.3) is 10.1 Å². The first-order chi connectivity index (χ1) is 10.9. The second-order valence-electron chi connectivity index (χ2n) is 5.70. The molecule has 128 valence electrons. The van der Waals surface area contributed by atoms with Gasteiger partial charge in [-0.1, -0.05) is 17.7 Å². The van der Waals surface area contributed by atoms with Gasteiger partial charge in [0.05, 0.1) is 18.1 Å². The van der Waals surface area contributed by atoms with E-state index in [0.717, 1.165) is 18.4 Å². The number of nitrogens with zero attached hydrogens (tertiary/aromatic N) is 1. The molecule has 2 rings (SSSR count). The van der Waals surface area contributed by atoms with Gasteiger partial charge >= 0.3 is 6.09 Å². The zero-order valence-corrected chi connectivity index (χ0v) is 14.3. The highest BCUT2D eigenvalue weighted by Gasteiger charge is 2.26. The molecular weight excluding hydrogens is 318 g/mol. The molecule has 0 radical (unpaired) electrons. The SMILES string of the molecule is CCOC(=O)N1CCCC(COS(=O)(=O)c2ccc(C)cc2)C1. The summed E-state index contributed by atoms with van der Waals surface area (Å²) in [6, 6.07) is 6.55. The highest BCUT2D eigenvalue weighted by atomic mass is 32.2. The zero-order chi connectivity index (χ0) is 16.9. The van der Waals surface area contributed by atoms with Crippen LogP contribution >= 0.6 is 0 Å². The van der Waals surface area contributed by atoms with Crippen LogP contribution in [0, 0.1) is 12.8 Å². The minimum absolute atomic E-state index is 0.00613. The molecule has 1 heterocycles. The van der Waals surface area contributed by atoms with Crippen molar-refractivity contribution in [1.82, 2.24) is 4.90 Å². The Balaban J connectivity index is 1.92. The summed E-state index contributed by atoms with van der Waals surface area (Å²) in [7, 11) is -3.76. The van der Waals surface area contributed by atoms with E-state index in [1.807, 2.05) is 6.92 Å². The first kappa shape index (κ1) is 17.7. The summed E-state index contributed by atoms with van der Waals surface area (Å²) < 4.78 is 34.5. The maximum atomic E-state index is 12.2. The number of hydrogen-bond donors (Lipinski definition) is 0. The fourth-order valence-corrected chi connectivity index (χ4v) is 3.52. The van der Waals surface area contributed by atoms with Gasteiger partial charge in [-0.25, -0.2) is 4.79 Å². The predicted octanol–water partition coefficient (Wildman–Crippen LogP) is 2.57. The summed E-state index contributed by atoms with van der Waals surface area (Å²) in [5, 5.41) is 0. The van der Waals surface area contributed by atoms with Gasteiger partial charge < -0.3 is 9.64 Å². The van der Waals surface area contributed by atoms with Crippen molar-refractivity contribution < 1.29 is 22.1 Å². The Hall–Kier alpha value is -1.60. The van der Waals surface area contributed by atoms with Crippen molar-refractivity contribution >= 4 is 16.2 Å². The van der Waals surface area contributed by atoms with Crippen LogP contribution < -0.4 is 0 Å². The fourth-order valence-electron chi connectivity index (χ4n) is 2.54. The lowest BCUT2D eigenvalue weighted by Crippen LogP contribution is -2.41. The molecule has 6 nitrogen and oxygen atoms in total. The van der Waals surface area contributed by atoms with E-state index >= 15 is 0 Å². The van der Waals surface area contributed by atoms with Gasteiger partial charge in [-0.05, 0) is 38.8 Å². The molecule has 1 unspecified atom stereocenters. The lowest BCUT2D eigenvalue weighted by Gasteiger charge is -2.31. The number of likely N-dealkylation sites (tertiary alicyclic amines) is 1. The predicted molar refractivity (Wildman–Crippen MR) is 85.6 cm³/mol. The van der Waals surface area contributed by atoms with Crippen molar-refractivity contribution in [3.05, 3.63) is 29.8 Å². The number of carbonyl (C=O) groups excluding carboxylic acids is 1. The van der Waals surface area contributed by atoms with E-state index in [0.29, 0.717) is 19.7 Å². The van der Waals surface area contributed by atoms with E-state index < -0.39 is 10.1 Å². The molecule has 1 aromatic carbocycles. The van der Waals surface area contributed by atoms with E-state index in [1.54, 1.807) is 24.0 Å². The van der Waals surface area contributed by atoms with Gasteiger partial charge in [0.15, 0.2) is 0 Å². The Kier molecular flexibility index (Phi) is 6.01. The van der Waals surface area contributed by atoms with Crippen LogP contribution in [0.4, 0.5) is 4.79 Å². The van der Waals surface area contributed by atoms with Crippen LogP contribution in [0.5, 0.6) is 0 Å². The van der Waals surface area contributed by atoms with Gasteiger partial charge in [0.2, 0.25) is 0 Å². The van der Waals surface area contributed by atoms with Crippen molar-refractivity contribution in [2.45, 2.75) is 31.6 Å². The second-order valence-corrected chi connectivity index (χ2v) is 7.32. The molecule has 0 spiro atoms. The van der Waals surface area contributed by atoms with Crippen LogP contribution in [-0.4, -0.2) is 45.7 Å². The highest BCUT2D eigenvalue weighted by Crippen LogP contribution is 2.20. The molecule has 1 aromatic rings. The van der Waals surface area contributed by atoms with Crippen molar-refractivity contribution in [3.63, 3.8) is 0 Å². The maximum Gasteiger partial charge on any atom is 0.409 e. The maximum absolute atomic E-state index is 12.2. The van der Waals surface area contributed by atoms with Gasteiger partial charge in [-0.15, -0.1) is 0 Å². The molecule has 0 aromatic heterocycles. The number of benzene rings is 1. The molecule has 0 bridgehead atoms. The highest BCUT2D eigenvalue weighted by molar-refractivity contribution is 7.86. The molecule has 23 heavy (non-hydrogen) atoms. The minimum Gasteiger partial charge on any atom is -0.450 e. The van der Waals surface area contributed by atoms with Crippen molar-refractivity contribution in [1.29, 1.82) is 0 Å². The minimum atomic E-state index is -3.76. The number of carbonyl (C=O) groups is 1. The number of piperidine rings is 1. The molecule has 0 aliphatic carbocycles. The van der Waals surface area contributed by atoms with Crippen LogP contribution in [-0.2, 0) is 19.0 Å². The topological polar surface area (TPSA) is 72.9 Å². The third-order valence-electron chi connectivity index (χ3n) is 3.81. The molecule has 7 heteroatoms. The Morgan fingerprint density at radius 2 is 2.00 bits per heavy atom. The largest absolute Gasteiger partial charge is 0.450 e. The Morgan fingerprint density at radius 1 is 1.30 bits per heavy atom. The Labute approximate surface area is 137 Å². The molecule has 1 saturated heterocycles. The van der Waals surface area contributed by atoms with E-state index in [-0.39, 0.29) is 23.5 Å². The van der Waals surface area contributed by atoms with E-state index in [2.05, 4.69) is 0 Å². The van der Waals surface area contributed by atoms with Crippen LogP contribution in [0.1, 0.15) is 25.3 Å². The van der Waals surface area contributed by atoms with Crippen LogP contribution in [0.3, 0.4) is 0 Å². The normalized spacial score (nSPS) is 18.7. The number of ether oxygens (including phenoxy) is 1. The fraction of sp³-hybridized carbons (Fsp3) is 0.562. The molecule has 0 N–H and O–H groups in total. The average molecular weight is 341 g/mol. The number of aryl methyl sites for hydroxylation is 1. The lowest BCUT2D eigenvalue weighted by molar-refractivity contribution is 0.0798.